The van der Waals surface area contributed by atoms with Crippen molar-refractivity contribution in [3.05, 3.63) is 34.8 Å². The Bertz CT molecular complexity index is 550. The van der Waals surface area contributed by atoms with Crippen LogP contribution in [0.15, 0.2) is 34.8 Å². The van der Waals surface area contributed by atoms with Gasteiger partial charge in [0.2, 0.25) is 0 Å². The molecule has 4 rings (SSSR count). The molecule has 3 fully saturated rings. The Morgan fingerprint density at radius 2 is 2.10 bits per heavy atom. The highest BCUT2D eigenvalue weighted by molar-refractivity contribution is 5.50. The predicted octanol–water partition coefficient (Wildman–Crippen LogP) is 2.42. The smallest absolute Gasteiger partial charge is 0.127 e. The van der Waals surface area contributed by atoms with Gasteiger partial charge in [-0.15, -0.1) is 0 Å². The summed E-state index contributed by atoms with van der Waals surface area (Å²) in [6.07, 6.45) is 8.75. The molecule has 0 aromatic heterocycles. The Balaban J connectivity index is 1.71. The minimum Gasteiger partial charge on any atom is -0.492 e. The molecule has 0 bridgehead atoms. The molecule has 1 saturated heterocycles. The van der Waals surface area contributed by atoms with Gasteiger partial charge >= 0.3 is 0 Å². The van der Waals surface area contributed by atoms with Crippen LogP contribution in [0, 0.1) is 5.41 Å². The average Bonchev–Trinajstić information content (AvgIpc) is 3.11. The normalized spacial score (nSPS) is 36.2. The van der Waals surface area contributed by atoms with Crippen LogP contribution in [0.3, 0.4) is 0 Å². The number of nitrogens with two attached hydrogens (primary N) is 1. The van der Waals surface area contributed by atoms with Gasteiger partial charge in [0.05, 0.1) is 6.61 Å². The summed E-state index contributed by atoms with van der Waals surface area (Å²) in [7, 11) is 1.73. The molecule has 4 nitrogen and oxygen atoms in total. The summed E-state index contributed by atoms with van der Waals surface area (Å²) < 4.78 is 17.8. The van der Waals surface area contributed by atoms with Crippen molar-refractivity contribution >= 4 is 0 Å². The van der Waals surface area contributed by atoms with Crippen LogP contribution in [0.5, 0.6) is 0 Å². The molecule has 1 heterocycles. The van der Waals surface area contributed by atoms with Crippen molar-refractivity contribution in [2.75, 3.05) is 13.7 Å². The minimum absolute atomic E-state index is 0.0337. The van der Waals surface area contributed by atoms with Gasteiger partial charge < -0.3 is 19.9 Å². The van der Waals surface area contributed by atoms with Crippen LogP contribution in [0.1, 0.15) is 32.6 Å². The van der Waals surface area contributed by atoms with E-state index in [2.05, 4.69) is 19.1 Å². The second-order valence-corrected chi connectivity index (χ2v) is 6.86. The Morgan fingerprint density at radius 3 is 2.71 bits per heavy atom. The van der Waals surface area contributed by atoms with E-state index in [0.29, 0.717) is 6.04 Å². The van der Waals surface area contributed by atoms with E-state index in [1.807, 2.05) is 0 Å². The largest absolute Gasteiger partial charge is 0.492 e. The summed E-state index contributed by atoms with van der Waals surface area (Å²) in [4.78, 5) is 0. The van der Waals surface area contributed by atoms with E-state index in [-0.39, 0.29) is 17.6 Å². The van der Waals surface area contributed by atoms with Crippen molar-refractivity contribution in [1.82, 2.24) is 0 Å². The number of methoxy groups -OCH3 is 1. The fraction of sp³-hybridized carbons (Fsp3) is 0.647. The number of rotatable bonds is 3. The quantitative estimate of drug-likeness (QED) is 0.867. The summed E-state index contributed by atoms with van der Waals surface area (Å²) >= 11 is 0. The fourth-order valence-electron chi connectivity index (χ4n) is 3.54. The van der Waals surface area contributed by atoms with Crippen molar-refractivity contribution in [1.29, 1.82) is 0 Å². The molecule has 0 amide bonds. The van der Waals surface area contributed by atoms with Gasteiger partial charge in [0.1, 0.15) is 23.7 Å². The zero-order chi connectivity index (χ0) is 14.6. The van der Waals surface area contributed by atoms with Gasteiger partial charge in [-0.2, -0.15) is 0 Å². The molecule has 21 heavy (non-hydrogen) atoms. The first kappa shape index (κ1) is 13.4. The third kappa shape index (κ3) is 2.12. The third-order valence-corrected chi connectivity index (χ3v) is 5.17. The van der Waals surface area contributed by atoms with Crippen LogP contribution in [0.2, 0.25) is 0 Å². The van der Waals surface area contributed by atoms with Crippen molar-refractivity contribution in [2.24, 2.45) is 11.1 Å². The van der Waals surface area contributed by atoms with Crippen LogP contribution in [0.4, 0.5) is 0 Å². The van der Waals surface area contributed by atoms with E-state index in [4.69, 9.17) is 19.9 Å². The molecular weight excluding hydrogens is 266 g/mol. The van der Waals surface area contributed by atoms with Crippen LogP contribution in [0.25, 0.3) is 0 Å². The van der Waals surface area contributed by atoms with Gasteiger partial charge in [0.15, 0.2) is 0 Å². The van der Waals surface area contributed by atoms with E-state index in [1.54, 1.807) is 7.11 Å². The first-order valence-electron chi connectivity index (χ1n) is 7.84. The molecule has 0 radical (unpaired) electrons. The van der Waals surface area contributed by atoms with Crippen molar-refractivity contribution < 1.29 is 14.2 Å². The lowest BCUT2D eigenvalue weighted by atomic mass is 9.90. The Hall–Kier alpha value is -1.26. The summed E-state index contributed by atoms with van der Waals surface area (Å²) in [5.41, 5.74) is 8.50. The summed E-state index contributed by atoms with van der Waals surface area (Å²) in [5, 5.41) is 0. The second kappa shape index (κ2) is 4.62. The van der Waals surface area contributed by atoms with Crippen molar-refractivity contribution in [3.63, 3.8) is 0 Å². The van der Waals surface area contributed by atoms with Crippen LogP contribution < -0.4 is 5.73 Å². The molecule has 114 valence electrons. The first-order valence-corrected chi connectivity index (χ1v) is 7.84. The first-order chi connectivity index (χ1) is 10.1. The SMILES string of the molecule is COC1C=C2OCC3(CC3)C2=C(OC2CC(N)C2)C=C1C. The number of ether oxygens (including phenoxy) is 3. The molecule has 1 atom stereocenters. The molecule has 4 aliphatic rings. The number of hydrogen-bond acceptors (Lipinski definition) is 4. The predicted molar refractivity (Wildman–Crippen MR) is 79.4 cm³/mol. The summed E-state index contributed by atoms with van der Waals surface area (Å²) in [5.74, 6) is 1.95. The standard InChI is InChI=1S/C17H23NO3/c1-10-5-15(21-12-6-11(18)7-12)16-14(8-13(10)19-2)20-9-17(16)3-4-17/h5,8,11-13H,3-4,6-7,9,18H2,1-2H3. The highest BCUT2D eigenvalue weighted by Crippen LogP contribution is 2.60. The molecule has 4 heteroatoms. The Kier molecular flexibility index (Phi) is 2.95. The lowest BCUT2D eigenvalue weighted by Gasteiger charge is -2.33. The van der Waals surface area contributed by atoms with Crippen molar-refractivity contribution in [2.45, 2.75) is 50.9 Å². The molecule has 1 aliphatic heterocycles. The summed E-state index contributed by atoms with van der Waals surface area (Å²) in [6, 6.07) is 0.299. The number of fused-ring (bicyclic) bond motifs is 2. The summed E-state index contributed by atoms with van der Waals surface area (Å²) in [6.45, 7) is 2.87. The molecular formula is C17H23NO3. The Labute approximate surface area is 125 Å². The van der Waals surface area contributed by atoms with Gasteiger partial charge in [-0.1, -0.05) is 0 Å². The highest BCUT2D eigenvalue weighted by Gasteiger charge is 2.55. The van der Waals surface area contributed by atoms with E-state index in [9.17, 15) is 0 Å². The zero-order valence-corrected chi connectivity index (χ0v) is 12.7. The maximum atomic E-state index is 6.28. The molecule has 0 aromatic carbocycles. The zero-order valence-electron chi connectivity index (χ0n) is 12.7. The van der Waals surface area contributed by atoms with Crippen LogP contribution in [-0.4, -0.2) is 32.0 Å². The average molecular weight is 289 g/mol. The minimum atomic E-state index is -0.0337. The van der Waals surface area contributed by atoms with Gasteiger partial charge in [-0.05, 0) is 50.3 Å². The van der Waals surface area contributed by atoms with E-state index in [0.717, 1.165) is 36.5 Å². The molecule has 2 N–H and O–H groups in total. The van der Waals surface area contributed by atoms with Crippen molar-refractivity contribution in [3.8, 4) is 0 Å². The molecule has 3 aliphatic carbocycles. The topological polar surface area (TPSA) is 53.7 Å². The van der Waals surface area contributed by atoms with E-state index in [1.165, 1.54) is 18.4 Å². The van der Waals surface area contributed by atoms with Crippen LogP contribution in [-0.2, 0) is 14.2 Å². The lowest BCUT2D eigenvalue weighted by Crippen LogP contribution is -2.41. The molecule has 1 unspecified atom stereocenters. The molecule has 1 spiro atoms. The van der Waals surface area contributed by atoms with E-state index < -0.39 is 0 Å². The monoisotopic (exact) mass is 289 g/mol. The van der Waals surface area contributed by atoms with Gasteiger partial charge in [-0.3, -0.25) is 0 Å². The van der Waals surface area contributed by atoms with Gasteiger partial charge in [0, 0.05) is 24.1 Å². The Morgan fingerprint density at radius 1 is 1.33 bits per heavy atom. The van der Waals surface area contributed by atoms with Gasteiger partial charge in [0.25, 0.3) is 0 Å². The van der Waals surface area contributed by atoms with Crippen LogP contribution >= 0.6 is 0 Å². The maximum Gasteiger partial charge on any atom is 0.127 e. The molecule has 0 aromatic rings. The molecule has 2 saturated carbocycles. The van der Waals surface area contributed by atoms with E-state index >= 15 is 0 Å². The number of allylic oxidation sites excluding steroid dienone is 2. The maximum absolute atomic E-state index is 6.28. The number of hydrogen-bond donors (Lipinski definition) is 1. The highest BCUT2D eigenvalue weighted by atomic mass is 16.5. The third-order valence-electron chi connectivity index (χ3n) is 5.17. The second-order valence-electron chi connectivity index (χ2n) is 6.86. The lowest BCUT2D eigenvalue weighted by molar-refractivity contribution is 0.0422. The fourth-order valence-corrected chi connectivity index (χ4v) is 3.54. The van der Waals surface area contributed by atoms with Gasteiger partial charge in [-0.25, -0.2) is 0 Å².